The second-order valence-electron chi connectivity index (χ2n) is 5.26. The van der Waals surface area contributed by atoms with Gasteiger partial charge in [-0.05, 0) is 38.1 Å². The quantitative estimate of drug-likeness (QED) is 0.928. The van der Waals surface area contributed by atoms with E-state index in [4.69, 9.17) is 0 Å². The summed E-state index contributed by atoms with van der Waals surface area (Å²) < 4.78 is 1.83. The van der Waals surface area contributed by atoms with Crippen molar-refractivity contribution in [2.75, 3.05) is 25.0 Å². The van der Waals surface area contributed by atoms with Crippen molar-refractivity contribution in [2.45, 2.75) is 18.9 Å². The highest BCUT2D eigenvalue weighted by Crippen LogP contribution is 2.18. The van der Waals surface area contributed by atoms with Gasteiger partial charge < -0.3 is 10.2 Å². The standard InChI is InChI=1S/C15H19N5O/c1-19(12-5-3-2-4-6-12)15(21)14-11-20(18-17-14)13-7-9-16-10-8-13/h2-6,11,13,16H,7-10H2,1H3. The van der Waals surface area contributed by atoms with Crippen LogP contribution < -0.4 is 10.2 Å². The van der Waals surface area contributed by atoms with Crippen LogP contribution in [0.2, 0.25) is 0 Å². The molecule has 0 saturated carbocycles. The SMILES string of the molecule is CN(C(=O)c1cn(C2CCNCC2)nn1)c1ccccc1. The maximum atomic E-state index is 12.4. The number of rotatable bonds is 3. The zero-order valence-electron chi connectivity index (χ0n) is 12.1. The van der Waals surface area contributed by atoms with Gasteiger partial charge in [0.25, 0.3) is 5.91 Å². The first-order valence-electron chi connectivity index (χ1n) is 7.21. The molecular formula is C15H19N5O. The normalized spacial score (nSPS) is 15.9. The molecular weight excluding hydrogens is 266 g/mol. The predicted molar refractivity (Wildman–Crippen MR) is 80.3 cm³/mol. The van der Waals surface area contributed by atoms with E-state index in [2.05, 4.69) is 15.6 Å². The van der Waals surface area contributed by atoms with E-state index >= 15 is 0 Å². The molecule has 1 aromatic carbocycles. The molecule has 110 valence electrons. The minimum Gasteiger partial charge on any atom is -0.317 e. The lowest BCUT2D eigenvalue weighted by Gasteiger charge is -2.22. The molecule has 2 aromatic rings. The number of aromatic nitrogens is 3. The Hall–Kier alpha value is -2.21. The highest BCUT2D eigenvalue weighted by Gasteiger charge is 2.21. The summed E-state index contributed by atoms with van der Waals surface area (Å²) in [5.74, 6) is -0.138. The van der Waals surface area contributed by atoms with Crippen LogP contribution in [0.3, 0.4) is 0 Å². The molecule has 1 amide bonds. The van der Waals surface area contributed by atoms with Gasteiger partial charge in [0.2, 0.25) is 0 Å². The van der Waals surface area contributed by atoms with E-state index in [-0.39, 0.29) is 5.91 Å². The van der Waals surface area contributed by atoms with Crippen molar-refractivity contribution >= 4 is 11.6 Å². The molecule has 6 nitrogen and oxygen atoms in total. The first-order chi connectivity index (χ1) is 10.3. The average molecular weight is 285 g/mol. The van der Waals surface area contributed by atoms with Gasteiger partial charge in [0, 0.05) is 12.7 Å². The van der Waals surface area contributed by atoms with Crippen LogP contribution in [0.4, 0.5) is 5.69 Å². The molecule has 6 heteroatoms. The molecule has 1 aliphatic rings. The predicted octanol–water partition coefficient (Wildman–Crippen LogP) is 1.48. The molecule has 2 heterocycles. The Labute approximate surface area is 123 Å². The zero-order valence-corrected chi connectivity index (χ0v) is 12.1. The molecule has 0 aliphatic carbocycles. The molecule has 0 atom stereocenters. The van der Waals surface area contributed by atoms with Crippen LogP contribution in [0.15, 0.2) is 36.5 Å². The lowest BCUT2D eigenvalue weighted by molar-refractivity contribution is 0.0988. The van der Waals surface area contributed by atoms with E-state index in [1.54, 1.807) is 18.1 Å². The monoisotopic (exact) mass is 285 g/mol. The third-order valence-electron chi connectivity index (χ3n) is 3.86. The van der Waals surface area contributed by atoms with Crippen molar-refractivity contribution in [3.8, 4) is 0 Å². The summed E-state index contributed by atoms with van der Waals surface area (Å²) in [6.45, 7) is 1.97. The van der Waals surface area contributed by atoms with E-state index < -0.39 is 0 Å². The van der Waals surface area contributed by atoms with Gasteiger partial charge in [-0.3, -0.25) is 4.79 Å². The van der Waals surface area contributed by atoms with Crippen LogP contribution in [0.1, 0.15) is 29.4 Å². The number of nitrogens with zero attached hydrogens (tertiary/aromatic N) is 4. The Bertz CT molecular complexity index is 604. The molecule has 0 bridgehead atoms. The summed E-state index contributed by atoms with van der Waals surface area (Å²) in [6, 6.07) is 9.87. The van der Waals surface area contributed by atoms with Gasteiger partial charge in [0.05, 0.1) is 12.2 Å². The van der Waals surface area contributed by atoms with Gasteiger partial charge in [-0.15, -0.1) is 5.10 Å². The third kappa shape index (κ3) is 2.95. The van der Waals surface area contributed by atoms with Crippen LogP contribution in [-0.2, 0) is 0 Å². The van der Waals surface area contributed by atoms with E-state index in [0.717, 1.165) is 31.6 Å². The molecule has 1 aromatic heterocycles. The lowest BCUT2D eigenvalue weighted by atomic mass is 10.1. The van der Waals surface area contributed by atoms with Gasteiger partial charge in [0.15, 0.2) is 5.69 Å². The molecule has 1 saturated heterocycles. The second-order valence-corrected chi connectivity index (χ2v) is 5.26. The number of piperidine rings is 1. The van der Waals surface area contributed by atoms with Gasteiger partial charge >= 0.3 is 0 Å². The molecule has 3 rings (SSSR count). The molecule has 21 heavy (non-hydrogen) atoms. The Morgan fingerprint density at radius 1 is 1.29 bits per heavy atom. The van der Waals surface area contributed by atoms with Crippen LogP contribution >= 0.6 is 0 Å². The fourth-order valence-electron chi connectivity index (χ4n) is 2.57. The number of carbonyl (C=O) groups excluding carboxylic acids is 1. The van der Waals surface area contributed by atoms with Crippen molar-refractivity contribution < 1.29 is 4.79 Å². The van der Waals surface area contributed by atoms with Crippen molar-refractivity contribution in [3.63, 3.8) is 0 Å². The third-order valence-corrected chi connectivity index (χ3v) is 3.86. The van der Waals surface area contributed by atoms with Gasteiger partial charge in [-0.2, -0.15) is 0 Å². The summed E-state index contributed by atoms with van der Waals surface area (Å²) in [4.78, 5) is 14.0. The topological polar surface area (TPSA) is 63.1 Å². The van der Waals surface area contributed by atoms with Crippen LogP contribution in [-0.4, -0.2) is 41.0 Å². The molecule has 0 unspecified atom stereocenters. The van der Waals surface area contributed by atoms with E-state index in [1.165, 1.54) is 0 Å². The van der Waals surface area contributed by atoms with Crippen molar-refractivity contribution in [3.05, 3.63) is 42.2 Å². The maximum absolute atomic E-state index is 12.4. The number of carbonyl (C=O) groups is 1. The summed E-state index contributed by atoms with van der Waals surface area (Å²) in [6.07, 6.45) is 3.80. The van der Waals surface area contributed by atoms with E-state index in [9.17, 15) is 4.79 Å². The first kappa shape index (κ1) is 13.8. The fraction of sp³-hybridized carbons (Fsp3) is 0.400. The minimum atomic E-state index is -0.138. The maximum Gasteiger partial charge on any atom is 0.280 e. The van der Waals surface area contributed by atoms with Gasteiger partial charge in [0.1, 0.15) is 0 Å². The van der Waals surface area contributed by atoms with Crippen molar-refractivity contribution in [2.24, 2.45) is 0 Å². The fourth-order valence-corrected chi connectivity index (χ4v) is 2.57. The lowest BCUT2D eigenvalue weighted by Crippen LogP contribution is -2.29. The van der Waals surface area contributed by atoms with Crippen molar-refractivity contribution in [1.29, 1.82) is 0 Å². The number of anilines is 1. The Kier molecular flexibility index (Phi) is 3.96. The smallest absolute Gasteiger partial charge is 0.280 e. The average Bonchev–Trinajstić information content (AvgIpc) is 3.05. The van der Waals surface area contributed by atoms with Crippen molar-refractivity contribution in [1.82, 2.24) is 20.3 Å². The molecule has 1 N–H and O–H groups in total. The molecule has 1 aliphatic heterocycles. The molecule has 1 fully saturated rings. The van der Waals surface area contributed by atoms with Gasteiger partial charge in [-0.25, -0.2) is 4.68 Å². The summed E-state index contributed by atoms with van der Waals surface area (Å²) >= 11 is 0. The second kappa shape index (κ2) is 6.05. The number of benzene rings is 1. The molecule has 0 spiro atoms. The van der Waals surface area contributed by atoms with E-state index in [1.807, 2.05) is 35.0 Å². The Morgan fingerprint density at radius 3 is 2.71 bits per heavy atom. The Morgan fingerprint density at radius 2 is 2.00 bits per heavy atom. The van der Waals surface area contributed by atoms with Crippen LogP contribution in [0.5, 0.6) is 0 Å². The first-order valence-corrected chi connectivity index (χ1v) is 7.21. The molecule has 0 radical (unpaired) electrons. The highest BCUT2D eigenvalue weighted by molar-refractivity contribution is 6.04. The summed E-state index contributed by atoms with van der Waals surface area (Å²) in [5, 5.41) is 11.5. The number of para-hydroxylation sites is 1. The van der Waals surface area contributed by atoms with Crippen LogP contribution in [0, 0.1) is 0 Å². The largest absolute Gasteiger partial charge is 0.317 e. The number of nitrogens with one attached hydrogen (secondary N) is 1. The zero-order chi connectivity index (χ0) is 14.7. The number of hydrogen-bond acceptors (Lipinski definition) is 4. The van der Waals surface area contributed by atoms with Crippen LogP contribution in [0.25, 0.3) is 0 Å². The summed E-state index contributed by atoms with van der Waals surface area (Å²) in [7, 11) is 1.75. The van der Waals surface area contributed by atoms with E-state index in [0.29, 0.717) is 11.7 Å². The number of hydrogen-bond donors (Lipinski definition) is 1. The summed E-state index contributed by atoms with van der Waals surface area (Å²) in [5.41, 5.74) is 1.24. The number of amides is 1. The minimum absolute atomic E-state index is 0.138. The highest BCUT2D eigenvalue weighted by atomic mass is 16.2. The Balaban J connectivity index is 1.74. The van der Waals surface area contributed by atoms with Gasteiger partial charge in [-0.1, -0.05) is 23.4 Å².